The predicted molar refractivity (Wildman–Crippen MR) is 82.7 cm³/mol. The molecule has 0 radical (unpaired) electrons. The van der Waals surface area contributed by atoms with E-state index in [0.29, 0.717) is 5.56 Å². The van der Waals surface area contributed by atoms with E-state index in [0.717, 1.165) is 0 Å². The van der Waals surface area contributed by atoms with E-state index >= 15 is 0 Å². The molecule has 2 aromatic rings. The summed E-state index contributed by atoms with van der Waals surface area (Å²) < 4.78 is 0. The average molecular weight is 324 g/mol. The van der Waals surface area contributed by atoms with E-state index in [4.69, 9.17) is 15.5 Å². The molecule has 0 aromatic heterocycles. The largest absolute Gasteiger partial charge is 0.478 e. The molecule has 0 unspecified atom stereocenters. The van der Waals surface area contributed by atoms with Gasteiger partial charge in [-0.15, -0.1) is 0 Å². The molecule has 0 aliphatic rings. The fourth-order valence-electron chi connectivity index (χ4n) is 2.13. The van der Waals surface area contributed by atoms with Crippen molar-refractivity contribution in [3.05, 3.63) is 70.3 Å². The molecule has 3 N–H and O–H groups in total. The van der Waals surface area contributed by atoms with Gasteiger partial charge in [-0.25, -0.2) is 9.59 Å². The number of nitrogens with zero attached hydrogens (tertiary/aromatic N) is 1. The maximum atomic E-state index is 12.1. The van der Waals surface area contributed by atoms with Crippen LogP contribution in [0.3, 0.4) is 0 Å². The van der Waals surface area contributed by atoms with Crippen LogP contribution < -0.4 is 5.32 Å². The van der Waals surface area contributed by atoms with Crippen molar-refractivity contribution in [2.24, 2.45) is 0 Å². The van der Waals surface area contributed by atoms with E-state index in [1.807, 2.05) is 0 Å². The molecule has 2 aromatic carbocycles. The Balaban J connectivity index is 2.17. The lowest BCUT2D eigenvalue weighted by molar-refractivity contribution is 0.0684. The van der Waals surface area contributed by atoms with Crippen molar-refractivity contribution < 1.29 is 24.6 Å². The summed E-state index contributed by atoms with van der Waals surface area (Å²) >= 11 is 0. The lowest BCUT2D eigenvalue weighted by Crippen LogP contribution is -2.25. The van der Waals surface area contributed by atoms with Gasteiger partial charge in [0.05, 0.1) is 22.3 Å². The lowest BCUT2D eigenvalue weighted by atomic mass is 10.0. The van der Waals surface area contributed by atoms with Crippen molar-refractivity contribution in [3.63, 3.8) is 0 Å². The van der Waals surface area contributed by atoms with Crippen LogP contribution in [0.2, 0.25) is 0 Å². The standard InChI is InChI=1S/C17H12N2O5/c18-8-11-7-10(5-6-12(11)16(21)22)9-19-15(20)13-3-1-2-4-14(13)17(23)24/h1-7H,9H2,(H,19,20)(H,21,22)(H,23,24). The number of carboxylic acid groups (broad SMARTS) is 2. The number of carbonyl (C=O) groups is 3. The SMILES string of the molecule is N#Cc1cc(CNC(=O)c2ccccc2C(=O)O)ccc1C(=O)O. The molecule has 0 fully saturated rings. The lowest BCUT2D eigenvalue weighted by Gasteiger charge is -2.08. The van der Waals surface area contributed by atoms with Gasteiger partial charge >= 0.3 is 11.9 Å². The number of aromatic carboxylic acids is 2. The summed E-state index contributed by atoms with van der Waals surface area (Å²) in [6.07, 6.45) is 0. The van der Waals surface area contributed by atoms with Crippen molar-refractivity contribution in [2.75, 3.05) is 0 Å². The number of carbonyl (C=O) groups excluding carboxylic acids is 1. The van der Waals surface area contributed by atoms with Crippen molar-refractivity contribution in [1.29, 1.82) is 5.26 Å². The van der Waals surface area contributed by atoms with Crippen LogP contribution in [0.25, 0.3) is 0 Å². The predicted octanol–water partition coefficient (Wildman–Crippen LogP) is 1.88. The second kappa shape index (κ2) is 7.07. The zero-order valence-corrected chi connectivity index (χ0v) is 12.3. The molecule has 24 heavy (non-hydrogen) atoms. The number of nitriles is 1. The van der Waals surface area contributed by atoms with Crippen LogP contribution in [0.15, 0.2) is 42.5 Å². The van der Waals surface area contributed by atoms with Gasteiger partial charge in [0.2, 0.25) is 0 Å². The molecule has 2 rings (SSSR count). The molecular weight excluding hydrogens is 312 g/mol. The third kappa shape index (κ3) is 3.56. The second-order valence-electron chi connectivity index (χ2n) is 4.83. The van der Waals surface area contributed by atoms with Crippen LogP contribution in [-0.2, 0) is 6.54 Å². The van der Waals surface area contributed by atoms with Crippen molar-refractivity contribution >= 4 is 17.8 Å². The summed E-state index contributed by atoms with van der Waals surface area (Å²) in [6.45, 7) is 0.0291. The third-order valence-electron chi connectivity index (χ3n) is 3.29. The van der Waals surface area contributed by atoms with Gasteiger partial charge in [-0.3, -0.25) is 4.79 Å². The van der Waals surface area contributed by atoms with Gasteiger partial charge in [0.15, 0.2) is 0 Å². The molecule has 0 bridgehead atoms. The van der Waals surface area contributed by atoms with E-state index in [-0.39, 0.29) is 28.8 Å². The second-order valence-corrected chi connectivity index (χ2v) is 4.83. The number of hydrogen-bond acceptors (Lipinski definition) is 4. The van der Waals surface area contributed by atoms with Gasteiger partial charge in [-0.05, 0) is 29.8 Å². The molecule has 0 aliphatic heterocycles. The normalized spacial score (nSPS) is 9.79. The van der Waals surface area contributed by atoms with Gasteiger partial charge in [0, 0.05) is 6.54 Å². The minimum atomic E-state index is -1.21. The molecular formula is C17H12N2O5. The Morgan fingerprint density at radius 1 is 0.958 bits per heavy atom. The molecule has 7 nitrogen and oxygen atoms in total. The first-order valence-corrected chi connectivity index (χ1v) is 6.81. The van der Waals surface area contributed by atoms with Crippen LogP contribution in [-0.4, -0.2) is 28.1 Å². The van der Waals surface area contributed by atoms with Crippen molar-refractivity contribution in [2.45, 2.75) is 6.54 Å². The number of benzene rings is 2. The van der Waals surface area contributed by atoms with Gasteiger partial charge < -0.3 is 15.5 Å². The molecule has 0 saturated heterocycles. The summed E-state index contributed by atoms with van der Waals surface area (Å²) in [5.41, 5.74) is 0.295. The van der Waals surface area contributed by atoms with Gasteiger partial charge in [0.25, 0.3) is 5.91 Å². The van der Waals surface area contributed by atoms with Crippen LogP contribution in [0.4, 0.5) is 0 Å². The van der Waals surface area contributed by atoms with Crippen LogP contribution in [0.5, 0.6) is 0 Å². The number of hydrogen-bond donors (Lipinski definition) is 3. The minimum Gasteiger partial charge on any atom is -0.478 e. The summed E-state index contributed by atoms with van der Waals surface area (Å²) in [4.78, 5) is 34.2. The topological polar surface area (TPSA) is 127 Å². The smallest absolute Gasteiger partial charge is 0.337 e. The quantitative estimate of drug-likeness (QED) is 0.770. The molecule has 0 atom stereocenters. The van der Waals surface area contributed by atoms with E-state index in [9.17, 15) is 14.4 Å². The zero-order chi connectivity index (χ0) is 17.7. The number of rotatable bonds is 5. The Morgan fingerprint density at radius 3 is 2.17 bits per heavy atom. The van der Waals surface area contributed by atoms with Crippen LogP contribution in [0.1, 0.15) is 42.2 Å². The summed E-state index contributed by atoms with van der Waals surface area (Å²) in [6, 6.07) is 11.7. The Hall–Kier alpha value is -3.66. The Bertz CT molecular complexity index is 868. The zero-order valence-electron chi connectivity index (χ0n) is 12.3. The third-order valence-corrected chi connectivity index (χ3v) is 3.29. The molecule has 7 heteroatoms. The summed E-state index contributed by atoms with van der Waals surface area (Å²) in [5, 5.41) is 29.6. The average Bonchev–Trinajstić information content (AvgIpc) is 2.59. The Morgan fingerprint density at radius 2 is 1.58 bits per heavy atom. The summed E-state index contributed by atoms with van der Waals surface area (Å²) in [7, 11) is 0. The van der Waals surface area contributed by atoms with Gasteiger partial charge in [-0.2, -0.15) is 5.26 Å². The molecule has 120 valence electrons. The number of carboxylic acids is 2. The Labute approximate surface area is 136 Å². The summed E-state index contributed by atoms with van der Waals surface area (Å²) in [5.74, 6) is -3.00. The molecule has 0 heterocycles. The first kappa shape index (κ1) is 16.7. The van der Waals surface area contributed by atoms with E-state index in [1.165, 1.54) is 36.4 Å². The monoisotopic (exact) mass is 324 g/mol. The highest BCUT2D eigenvalue weighted by atomic mass is 16.4. The minimum absolute atomic E-state index is 0.0137. The first-order chi connectivity index (χ1) is 11.4. The van der Waals surface area contributed by atoms with Crippen molar-refractivity contribution in [3.8, 4) is 6.07 Å². The number of amides is 1. The number of nitrogens with one attached hydrogen (secondary N) is 1. The van der Waals surface area contributed by atoms with Gasteiger partial charge in [-0.1, -0.05) is 18.2 Å². The highest BCUT2D eigenvalue weighted by molar-refractivity contribution is 6.04. The fourth-order valence-corrected chi connectivity index (χ4v) is 2.13. The van der Waals surface area contributed by atoms with Crippen LogP contribution in [0, 0.1) is 11.3 Å². The van der Waals surface area contributed by atoms with Crippen molar-refractivity contribution in [1.82, 2.24) is 5.32 Å². The van der Waals surface area contributed by atoms with E-state index < -0.39 is 17.8 Å². The van der Waals surface area contributed by atoms with E-state index in [1.54, 1.807) is 12.1 Å². The highest BCUT2D eigenvalue weighted by Crippen LogP contribution is 2.13. The maximum Gasteiger partial charge on any atom is 0.337 e. The van der Waals surface area contributed by atoms with E-state index in [2.05, 4.69) is 5.32 Å². The first-order valence-electron chi connectivity index (χ1n) is 6.81. The van der Waals surface area contributed by atoms with Gasteiger partial charge in [0.1, 0.15) is 6.07 Å². The highest BCUT2D eigenvalue weighted by Gasteiger charge is 2.16. The molecule has 0 saturated carbocycles. The van der Waals surface area contributed by atoms with Crippen LogP contribution >= 0.6 is 0 Å². The Kier molecular flexibility index (Phi) is 4.92. The maximum absolute atomic E-state index is 12.1. The molecule has 1 amide bonds. The molecule has 0 aliphatic carbocycles. The fraction of sp³-hybridized carbons (Fsp3) is 0.0588. The molecule has 0 spiro atoms.